The van der Waals surface area contributed by atoms with E-state index in [4.69, 9.17) is 22.1 Å². The highest BCUT2D eigenvalue weighted by Crippen LogP contribution is 2.34. The zero-order valence-electron chi connectivity index (χ0n) is 10.4. The number of pyridine rings is 1. The Morgan fingerprint density at radius 3 is 2.48 bits per heavy atom. The van der Waals surface area contributed by atoms with Crippen LogP contribution in [0.25, 0.3) is 0 Å². The molecule has 0 bridgehead atoms. The zero-order chi connectivity index (χ0) is 15.6. The first-order valence-electron chi connectivity index (χ1n) is 5.70. The Kier molecular flexibility index (Phi) is 4.34. The van der Waals surface area contributed by atoms with Gasteiger partial charge in [-0.2, -0.15) is 13.2 Å². The van der Waals surface area contributed by atoms with Crippen LogP contribution in [0.4, 0.5) is 17.6 Å². The maximum Gasteiger partial charge on any atom is 0.417 e. The van der Waals surface area contributed by atoms with E-state index in [1.165, 1.54) is 12.1 Å². The van der Waals surface area contributed by atoms with Crippen LogP contribution in [0.5, 0.6) is 11.6 Å². The zero-order valence-corrected chi connectivity index (χ0v) is 11.2. The van der Waals surface area contributed by atoms with Gasteiger partial charge in [0.25, 0.3) is 0 Å². The fraction of sp³-hybridized carbons (Fsp3) is 0.154. The third kappa shape index (κ3) is 3.62. The predicted molar refractivity (Wildman–Crippen MR) is 68.6 cm³/mol. The van der Waals surface area contributed by atoms with Crippen molar-refractivity contribution >= 4 is 11.6 Å². The summed E-state index contributed by atoms with van der Waals surface area (Å²) in [7, 11) is 0. The molecule has 1 aromatic carbocycles. The van der Waals surface area contributed by atoms with E-state index in [2.05, 4.69) is 4.98 Å². The molecule has 21 heavy (non-hydrogen) atoms. The topological polar surface area (TPSA) is 48.1 Å². The lowest BCUT2D eigenvalue weighted by Crippen LogP contribution is -2.06. The molecule has 0 atom stereocenters. The quantitative estimate of drug-likeness (QED) is 0.864. The number of alkyl halides is 3. The molecular weight excluding hydrogens is 312 g/mol. The highest BCUT2D eigenvalue weighted by atomic mass is 35.5. The molecule has 2 rings (SSSR count). The number of hydrogen-bond acceptors (Lipinski definition) is 3. The summed E-state index contributed by atoms with van der Waals surface area (Å²) in [4.78, 5) is 3.49. The number of nitrogens with two attached hydrogens (primary N) is 1. The molecule has 112 valence electrons. The van der Waals surface area contributed by atoms with Crippen LogP contribution < -0.4 is 10.5 Å². The van der Waals surface area contributed by atoms with Gasteiger partial charge >= 0.3 is 6.18 Å². The number of benzene rings is 1. The van der Waals surface area contributed by atoms with Gasteiger partial charge in [-0.15, -0.1) is 0 Å². The smallest absolute Gasteiger partial charge is 0.417 e. The van der Waals surface area contributed by atoms with Crippen LogP contribution in [0, 0.1) is 5.82 Å². The molecule has 8 heteroatoms. The summed E-state index contributed by atoms with van der Waals surface area (Å²) >= 11 is 5.68. The van der Waals surface area contributed by atoms with Gasteiger partial charge < -0.3 is 10.5 Å². The van der Waals surface area contributed by atoms with Gasteiger partial charge in [0.15, 0.2) is 0 Å². The van der Waals surface area contributed by atoms with Crippen molar-refractivity contribution in [2.24, 2.45) is 5.73 Å². The molecule has 1 heterocycles. The summed E-state index contributed by atoms with van der Waals surface area (Å²) in [5.74, 6) is -0.776. The van der Waals surface area contributed by atoms with Crippen LogP contribution in [-0.2, 0) is 12.7 Å². The Bertz CT molecular complexity index is 661. The molecule has 0 saturated carbocycles. The second-order valence-corrected chi connectivity index (χ2v) is 4.48. The average molecular weight is 321 g/mol. The molecule has 3 nitrogen and oxygen atoms in total. The van der Waals surface area contributed by atoms with Crippen molar-refractivity contribution < 1.29 is 22.3 Å². The van der Waals surface area contributed by atoms with Crippen LogP contribution in [0.3, 0.4) is 0 Å². The van der Waals surface area contributed by atoms with Crippen molar-refractivity contribution in [3.05, 3.63) is 52.4 Å². The van der Waals surface area contributed by atoms with Gasteiger partial charge in [0.2, 0.25) is 5.88 Å². The van der Waals surface area contributed by atoms with Gasteiger partial charge in [-0.3, -0.25) is 0 Å². The molecule has 0 spiro atoms. The summed E-state index contributed by atoms with van der Waals surface area (Å²) in [6.07, 6.45) is -3.96. The number of nitrogens with zero attached hydrogens (tertiary/aromatic N) is 1. The highest BCUT2D eigenvalue weighted by molar-refractivity contribution is 6.31. The predicted octanol–water partition coefficient (Wildman–Crippen LogP) is 4.14. The Hall–Kier alpha value is -1.86. The van der Waals surface area contributed by atoms with Gasteiger partial charge in [-0.25, -0.2) is 9.37 Å². The van der Waals surface area contributed by atoms with Crippen molar-refractivity contribution in [2.75, 3.05) is 0 Å². The first-order chi connectivity index (χ1) is 9.81. The lowest BCUT2D eigenvalue weighted by molar-refractivity contribution is -0.137. The second-order valence-electron chi connectivity index (χ2n) is 4.07. The van der Waals surface area contributed by atoms with Gasteiger partial charge in [0, 0.05) is 24.4 Å². The minimum Gasteiger partial charge on any atom is -0.437 e. The van der Waals surface area contributed by atoms with Gasteiger partial charge in [0.05, 0.1) is 5.56 Å². The molecule has 1 aromatic heterocycles. The maximum absolute atomic E-state index is 13.5. The molecule has 2 aromatic rings. The lowest BCUT2D eigenvalue weighted by Gasteiger charge is -2.10. The van der Waals surface area contributed by atoms with E-state index in [1.807, 2.05) is 0 Å². The van der Waals surface area contributed by atoms with Crippen LogP contribution in [0.15, 0.2) is 30.5 Å². The molecule has 0 aliphatic carbocycles. The largest absolute Gasteiger partial charge is 0.437 e. The van der Waals surface area contributed by atoms with E-state index in [-0.39, 0.29) is 28.8 Å². The monoisotopic (exact) mass is 320 g/mol. The van der Waals surface area contributed by atoms with E-state index in [0.717, 1.165) is 6.07 Å². The molecule has 0 aliphatic rings. The van der Waals surface area contributed by atoms with Crippen molar-refractivity contribution in [2.45, 2.75) is 12.7 Å². The normalized spacial score (nSPS) is 11.5. The Morgan fingerprint density at radius 2 is 1.95 bits per heavy atom. The average Bonchev–Trinajstić information content (AvgIpc) is 2.40. The van der Waals surface area contributed by atoms with E-state index in [0.29, 0.717) is 12.3 Å². The molecule has 0 unspecified atom stereocenters. The fourth-order valence-corrected chi connectivity index (χ4v) is 1.73. The Morgan fingerprint density at radius 1 is 1.24 bits per heavy atom. The first kappa shape index (κ1) is 15.5. The van der Waals surface area contributed by atoms with E-state index in [1.54, 1.807) is 0 Å². The molecule has 0 aliphatic heterocycles. The van der Waals surface area contributed by atoms with Crippen LogP contribution in [-0.4, -0.2) is 4.98 Å². The van der Waals surface area contributed by atoms with E-state index in [9.17, 15) is 17.6 Å². The van der Waals surface area contributed by atoms with Crippen LogP contribution >= 0.6 is 11.6 Å². The molecule has 2 N–H and O–H groups in total. The molecule has 0 radical (unpaired) electrons. The number of ether oxygens (including phenoxy) is 1. The third-order valence-corrected chi connectivity index (χ3v) is 2.86. The number of halogens is 5. The van der Waals surface area contributed by atoms with E-state index >= 15 is 0 Å². The SMILES string of the molecule is NCc1ccc(Oc2ncc(C(F)(F)F)cc2Cl)cc1F. The van der Waals surface area contributed by atoms with Gasteiger partial charge in [-0.05, 0) is 12.1 Å². The summed E-state index contributed by atoms with van der Waals surface area (Å²) in [6, 6.07) is 4.57. The number of hydrogen-bond donors (Lipinski definition) is 1. The number of rotatable bonds is 3. The highest BCUT2D eigenvalue weighted by Gasteiger charge is 2.31. The minimum absolute atomic E-state index is 0.0192. The molecule has 0 fully saturated rings. The van der Waals surface area contributed by atoms with Crippen molar-refractivity contribution in [1.82, 2.24) is 4.98 Å². The van der Waals surface area contributed by atoms with E-state index < -0.39 is 17.6 Å². The van der Waals surface area contributed by atoms with Crippen molar-refractivity contribution in [1.29, 1.82) is 0 Å². The first-order valence-corrected chi connectivity index (χ1v) is 6.08. The molecular formula is C13H9ClF4N2O. The van der Waals surface area contributed by atoms with Crippen LogP contribution in [0.1, 0.15) is 11.1 Å². The summed E-state index contributed by atoms with van der Waals surface area (Å²) in [6.45, 7) is 0.0192. The van der Waals surface area contributed by atoms with Gasteiger partial charge in [0.1, 0.15) is 16.6 Å². The van der Waals surface area contributed by atoms with Crippen molar-refractivity contribution in [3.63, 3.8) is 0 Å². The minimum atomic E-state index is -4.55. The summed E-state index contributed by atoms with van der Waals surface area (Å²) in [5.41, 5.74) is 4.60. The number of aromatic nitrogens is 1. The Balaban J connectivity index is 2.26. The lowest BCUT2D eigenvalue weighted by atomic mass is 10.2. The fourth-order valence-electron chi connectivity index (χ4n) is 1.52. The van der Waals surface area contributed by atoms with Crippen molar-refractivity contribution in [3.8, 4) is 11.6 Å². The molecule has 0 amide bonds. The summed E-state index contributed by atoms with van der Waals surface area (Å²) < 4.78 is 56.1. The second kappa shape index (κ2) is 5.87. The van der Waals surface area contributed by atoms with Crippen LogP contribution in [0.2, 0.25) is 5.02 Å². The maximum atomic E-state index is 13.5. The molecule has 0 saturated heterocycles. The standard InChI is InChI=1S/C13H9ClF4N2O/c14-10-3-8(13(16,17)18)6-20-12(10)21-9-2-1-7(5-19)11(15)4-9/h1-4,6H,5,19H2. The van der Waals surface area contributed by atoms with Gasteiger partial charge in [-0.1, -0.05) is 17.7 Å². The summed E-state index contributed by atoms with van der Waals surface area (Å²) in [5, 5.41) is -0.326. The Labute approximate surface area is 122 Å². The third-order valence-electron chi connectivity index (χ3n) is 2.59.